The Labute approximate surface area is 155 Å². The van der Waals surface area contributed by atoms with Crippen molar-refractivity contribution in [3.63, 3.8) is 0 Å². The van der Waals surface area contributed by atoms with Gasteiger partial charge in [0.2, 0.25) is 0 Å². The monoisotopic (exact) mass is 385 g/mol. The fourth-order valence-electron chi connectivity index (χ4n) is 3.07. The van der Waals surface area contributed by atoms with Crippen LogP contribution in [0.1, 0.15) is 36.0 Å². The van der Waals surface area contributed by atoms with Crippen LogP contribution in [0.5, 0.6) is 0 Å². The highest BCUT2D eigenvalue weighted by atomic mass is 19.4. The lowest BCUT2D eigenvalue weighted by Crippen LogP contribution is -2.45. The number of hydrogen-bond acceptors (Lipinski definition) is 3. The summed E-state index contributed by atoms with van der Waals surface area (Å²) in [5.41, 5.74) is 0.367. The molecule has 0 radical (unpaired) electrons. The summed E-state index contributed by atoms with van der Waals surface area (Å²) in [5.74, 6) is -3.87. The van der Waals surface area contributed by atoms with Crippen LogP contribution < -0.4 is 10.6 Å². The number of alkyl halides is 3. The van der Waals surface area contributed by atoms with Crippen molar-refractivity contribution in [2.24, 2.45) is 5.92 Å². The summed E-state index contributed by atoms with van der Waals surface area (Å²) in [5, 5.41) is 4.72. The zero-order valence-electron chi connectivity index (χ0n) is 15.1. The molecule has 2 unspecified atom stereocenters. The van der Waals surface area contributed by atoms with E-state index < -0.39 is 30.0 Å². The molecule has 148 valence electrons. The molecule has 3 amide bonds. The van der Waals surface area contributed by atoms with Crippen LogP contribution >= 0.6 is 0 Å². The van der Waals surface area contributed by atoms with E-state index in [1.165, 1.54) is 17.0 Å². The van der Waals surface area contributed by atoms with Crippen LogP contribution in [0.3, 0.4) is 0 Å². The summed E-state index contributed by atoms with van der Waals surface area (Å²) in [4.78, 5) is 37.7. The first kappa shape index (κ1) is 20.7. The largest absolute Gasteiger partial charge is 0.391 e. The smallest absolute Gasteiger partial charge is 0.345 e. The lowest BCUT2D eigenvalue weighted by molar-refractivity contribution is -0.184. The SMILES string of the molecule is CN(C)C(=O)c1ccccc1NC(=O)C(=O)NC1CCCC(C(F)(F)F)C1. The second-order valence-electron chi connectivity index (χ2n) is 6.77. The highest BCUT2D eigenvalue weighted by molar-refractivity contribution is 6.40. The molecule has 1 fully saturated rings. The molecule has 0 saturated heterocycles. The fourth-order valence-corrected chi connectivity index (χ4v) is 3.07. The number of halogens is 3. The Morgan fingerprint density at radius 3 is 2.37 bits per heavy atom. The Bertz CT molecular complexity index is 719. The minimum Gasteiger partial charge on any atom is -0.345 e. The van der Waals surface area contributed by atoms with Crippen molar-refractivity contribution in [3.8, 4) is 0 Å². The van der Waals surface area contributed by atoms with Crippen LogP contribution in [-0.4, -0.2) is 48.9 Å². The average molecular weight is 385 g/mol. The minimum atomic E-state index is -4.31. The molecular weight excluding hydrogens is 363 g/mol. The standard InChI is InChI=1S/C18H22F3N3O3/c1-24(2)17(27)13-8-3-4-9-14(13)23-16(26)15(25)22-12-7-5-6-11(10-12)18(19,20)21/h3-4,8-9,11-12H,5-7,10H2,1-2H3,(H,22,25)(H,23,26). The molecule has 1 aromatic rings. The summed E-state index contributed by atoms with van der Waals surface area (Å²) >= 11 is 0. The second-order valence-corrected chi connectivity index (χ2v) is 6.77. The van der Waals surface area contributed by atoms with E-state index in [0.29, 0.717) is 12.8 Å². The molecular formula is C18H22F3N3O3. The Morgan fingerprint density at radius 2 is 1.74 bits per heavy atom. The van der Waals surface area contributed by atoms with Gasteiger partial charge in [0.25, 0.3) is 5.91 Å². The Morgan fingerprint density at radius 1 is 1.07 bits per heavy atom. The molecule has 1 aliphatic carbocycles. The molecule has 0 heterocycles. The summed E-state index contributed by atoms with van der Waals surface area (Å²) in [6, 6.07) is 5.48. The maximum Gasteiger partial charge on any atom is 0.391 e. The topological polar surface area (TPSA) is 78.5 Å². The predicted molar refractivity (Wildman–Crippen MR) is 93.0 cm³/mol. The molecule has 1 aliphatic rings. The van der Waals surface area contributed by atoms with E-state index in [-0.39, 0.29) is 30.0 Å². The van der Waals surface area contributed by atoms with E-state index in [1.54, 1.807) is 26.2 Å². The zero-order chi connectivity index (χ0) is 20.2. The van der Waals surface area contributed by atoms with E-state index in [0.717, 1.165) is 0 Å². The average Bonchev–Trinajstić information content (AvgIpc) is 2.61. The van der Waals surface area contributed by atoms with Crippen molar-refractivity contribution >= 4 is 23.4 Å². The summed E-state index contributed by atoms with van der Waals surface area (Å²) in [7, 11) is 3.10. The third-order valence-corrected chi connectivity index (χ3v) is 4.49. The molecule has 0 spiro atoms. The number of rotatable bonds is 3. The van der Waals surface area contributed by atoms with Crippen LogP contribution in [0.4, 0.5) is 18.9 Å². The van der Waals surface area contributed by atoms with Crippen LogP contribution in [-0.2, 0) is 9.59 Å². The van der Waals surface area contributed by atoms with Crippen molar-refractivity contribution in [2.75, 3.05) is 19.4 Å². The van der Waals surface area contributed by atoms with Gasteiger partial charge in [-0.1, -0.05) is 18.6 Å². The van der Waals surface area contributed by atoms with Crippen LogP contribution in [0.25, 0.3) is 0 Å². The van der Waals surface area contributed by atoms with Crippen molar-refractivity contribution in [3.05, 3.63) is 29.8 Å². The highest BCUT2D eigenvalue weighted by Gasteiger charge is 2.42. The maximum atomic E-state index is 12.9. The van der Waals surface area contributed by atoms with Gasteiger partial charge in [0, 0.05) is 20.1 Å². The Balaban J connectivity index is 2.01. The van der Waals surface area contributed by atoms with E-state index >= 15 is 0 Å². The van der Waals surface area contributed by atoms with E-state index in [1.807, 2.05) is 0 Å². The minimum absolute atomic E-state index is 0.0299. The third-order valence-electron chi connectivity index (χ3n) is 4.49. The molecule has 2 N–H and O–H groups in total. The normalized spacial score (nSPS) is 19.9. The highest BCUT2D eigenvalue weighted by Crippen LogP contribution is 2.37. The lowest BCUT2D eigenvalue weighted by atomic mass is 9.85. The van der Waals surface area contributed by atoms with Gasteiger partial charge in [-0.25, -0.2) is 0 Å². The van der Waals surface area contributed by atoms with E-state index in [4.69, 9.17) is 0 Å². The van der Waals surface area contributed by atoms with Gasteiger partial charge in [0.1, 0.15) is 0 Å². The maximum absolute atomic E-state index is 12.9. The van der Waals surface area contributed by atoms with Gasteiger partial charge in [-0.05, 0) is 31.4 Å². The van der Waals surface area contributed by atoms with Crippen molar-refractivity contribution in [2.45, 2.75) is 37.9 Å². The van der Waals surface area contributed by atoms with Crippen LogP contribution in [0.2, 0.25) is 0 Å². The summed E-state index contributed by atoms with van der Waals surface area (Å²) in [6.07, 6.45) is -3.80. The molecule has 27 heavy (non-hydrogen) atoms. The van der Waals surface area contributed by atoms with Gasteiger partial charge in [0.15, 0.2) is 0 Å². The molecule has 0 aliphatic heterocycles. The number of nitrogens with zero attached hydrogens (tertiary/aromatic N) is 1. The molecule has 0 bridgehead atoms. The van der Waals surface area contributed by atoms with Gasteiger partial charge in [0.05, 0.1) is 17.2 Å². The first-order valence-corrected chi connectivity index (χ1v) is 8.59. The molecule has 0 aromatic heterocycles. The van der Waals surface area contributed by atoms with Crippen molar-refractivity contribution < 1.29 is 27.6 Å². The number of amides is 3. The lowest BCUT2D eigenvalue weighted by Gasteiger charge is -2.30. The molecule has 6 nitrogen and oxygen atoms in total. The first-order chi connectivity index (χ1) is 12.6. The van der Waals surface area contributed by atoms with Gasteiger partial charge in [-0.3, -0.25) is 14.4 Å². The van der Waals surface area contributed by atoms with E-state index in [9.17, 15) is 27.6 Å². The van der Waals surface area contributed by atoms with Crippen LogP contribution in [0, 0.1) is 5.92 Å². The number of carbonyl (C=O) groups excluding carboxylic acids is 3. The van der Waals surface area contributed by atoms with Gasteiger partial charge >= 0.3 is 18.0 Å². The van der Waals surface area contributed by atoms with Crippen molar-refractivity contribution in [1.82, 2.24) is 10.2 Å². The predicted octanol–water partition coefficient (Wildman–Crippen LogP) is 2.56. The molecule has 2 atom stereocenters. The molecule has 9 heteroatoms. The summed E-state index contributed by atoms with van der Waals surface area (Å²) < 4.78 is 38.6. The van der Waals surface area contributed by atoms with Gasteiger partial charge < -0.3 is 15.5 Å². The van der Waals surface area contributed by atoms with Gasteiger partial charge in [-0.15, -0.1) is 0 Å². The molecule has 2 rings (SSSR count). The molecule has 1 aromatic carbocycles. The number of para-hydroxylation sites is 1. The Hall–Kier alpha value is -2.58. The zero-order valence-corrected chi connectivity index (χ0v) is 15.1. The van der Waals surface area contributed by atoms with E-state index in [2.05, 4.69) is 10.6 Å². The fraction of sp³-hybridized carbons (Fsp3) is 0.500. The number of benzene rings is 1. The molecule has 1 saturated carbocycles. The van der Waals surface area contributed by atoms with Crippen molar-refractivity contribution in [1.29, 1.82) is 0 Å². The third kappa shape index (κ3) is 5.45. The quantitative estimate of drug-likeness (QED) is 0.785. The summed E-state index contributed by atoms with van der Waals surface area (Å²) in [6.45, 7) is 0. The number of hydrogen-bond donors (Lipinski definition) is 2. The number of nitrogens with one attached hydrogen (secondary N) is 2. The second kappa shape index (κ2) is 8.41. The van der Waals surface area contributed by atoms with Gasteiger partial charge in [-0.2, -0.15) is 13.2 Å². The first-order valence-electron chi connectivity index (χ1n) is 8.59. The van der Waals surface area contributed by atoms with Crippen LogP contribution in [0.15, 0.2) is 24.3 Å². The number of anilines is 1. The Kier molecular flexibility index (Phi) is 6.45. The number of carbonyl (C=O) groups is 3.